The molecule has 1 N–H and O–H groups in total. The molecule has 1 aliphatic rings. The summed E-state index contributed by atoms with van der Waals surface area (Å²) in [4.78, 5) is 4.53. The molecule has 1 atom stereocenters. The Labute approximate surface area is 127 Å². The first-order chi connectivity index (χ1) is 10.3. The zero-order valence-corrected chi connectivity index (χ0v) is 13.2. The fraction of sp³-hybridized carbons (Fsp3) is 0.692. The predicted molar refractivity (Wildman–Crippen MR) is 79.4 cm³/mol. The lowest BCUT2D eigenvalue weighted by molar-refractivity contribution is 0.335. The molecule has 3 heterocycles. The summed E-state index contributed by atoms with van der Waals surface area (Å²) >= 11 is 1.50. The molecule has 0 radical (unpaired) electrons. The van der Waals surface area contributed by atoms with Crippen molar-refractivity contribution < 1.29 is 4.74 Å². The maximum atomic E-state index is 5.33. The third-order valence-corrected chi connectivity index (χ3v) is 4.31. The average molecular weight is 308 g/mol. The lowest BCUT2D eigenvalue weighted by atomic mass is 10.1. The van der Waals surface area contributed by atoms with Crippen molar-refractivity contribution in [1.29, 1.82) is 0 Å². The number of ether oxygens (including phenoxy) is 1. The fourth-order valence-corrected chi connectivity index (χ4v) is 3.10. The Morgan fingerprint density at radius 1 is 1.38 bits per heavy atom. The van der Waals surface area contributed by atoms with Gasteiger partial charge in [0.15, 0.2) is 5.82 Å². The van der Waals surface area contributed by atoms with Gasteiger partial charge in [-0.05, 0) is 13.3 Å². The minimum atomic E-state index is 0.406. The predicted octanol–water partition coefficient (Wildman–Crippen LogP) is 1.20. The molecule has 114 valence electrons. The summed E-state index contributed by atoms with van der Waals surface area (Å²) in [7, 11) is 0. The van der Waals surface area contributed by atoms with Crippen LogP contribution in [0.1, 0.15) is 36.9 Å². The molecule has 0 bridgehead atoms. The van der Waals surface area contributed by atoms with Crippen molar-refractivity contribution in [2.24, 2.45) is 0 Å². The van der Waals surface area contributed by atoms with E-state index in [1.807, 2.05) is 11.6 Å². The van der Waals surface area contributed by atoms with Crippen LogP contribution in [0.25, 0.3) is 0 Å². The van der Waals surface area contributed by atoms with Crippen LogP contribution in [0.3, 0.4) is 0 Å². The molecular weight excluding hydrogens is 288 g/mol. The highest BCUT2D eigenvalue weighted by Crippen LogP contribution is 2.18. The van der Waals surface area contributed by atoms with Gasteiger partial charge in [-0.1, -0.05) is 18.3 Å². The van der Waals surface area contributed by atoms with Gasteiger partial charge in [0.25, 0.3) is 5.19 Å². The zero-order valence-electron chi connectivity index (χ0n) is 12.4. The number of aryl methyl sites for hydroxylation is 2. The Morgan fingerprint density at radius 2 is 2.29 bits per heavy atom. The van der Waals surface area contributed by atoms with E-state index in [2.05, 4.69) is 32.5 Å². The molecule has 21 heavy (non-hydrogen) atoms. The van der Waals surface area contributed by atoms with Crippen LogP contribution in [0.15, 0.2) is 0 Å². The van der Waals surface area contributed by atoms with Crippen molar-refractivity contribution in [1.82, 2.24) is 30.3 Å². The lowest BCUT2D eigenvalue weighted by Crippen LogP contribution is -2.37. The molecule has 1 aliphatic heterocycles. The molecule has 1 unspecified atom stereocenters. The molecule has 2 aromatic heterocycles. The van der Waals surface area contributed by atoms with Gasteiger partial charge < -0.3 is 10.1 Å². The molecule has 3 rings (SSSR count). The maximum absolute atomic E-state index is 5.33. The summed E-state index contributed by atoms with van der Waals surface area (Å²) < 4.78 is 7.37. The summed E-state index contributed by atoms with van der Waals surface area (Å²) in [5, 5.41) is 17.8. The number of hydrogen-bond donors (Lipinski definition) is 1. The quantitative estimate of drug-likeness (QED) is 0.864. The normalized spacial score (nSPS) is 17.7. The van der Waals surface area contributed by atoms with Gasteiger partial charge in [0.1, 0.15) is 10.8 Å². The minimum Gasteiger partial charge on any atom is -0.469 e. The zero-order chi connectivity index (χ0) is 14.7. The van der Waals surface area contributed by atoms with Crippen LogP contribution in [0, 0.1) is 0 Å². The van der Waals surface area contributed by atoms with E-state index in [1.165, 1.54) is 11.3 Å². The first-order valence-corrected chi connectivity index (χ1v) is 8.21. The Kier molecular flexibility index (Phi) is 4.45. The molecular formula is C13H20N6OS. The molecule has 0 aliphatic carbocycles. The first kappa shape index (κ1) is 14.4. The van der Waals surface area contributed by atoms with Crippen molar-refractivity contribution in [2.45, 2.75) is 52.2 Å². The Morgan fingerprint density at radius 3 is 3.10 bits per heavy atom. The van der Waals surface area contributed by atoms with Crippen LogP contribution in [-0.4, -0.2) is 37.6 Å². The second kappa shape index (κ2) is 6.48. The van der Waals surface area contributed by atoms with Gasteiger partial charge in [-0.25, -0.2) is 9.67 Å². The van der Waals surface area contributed by atoms with Crippen molar-refractivity contribution in [3.05, 3.63) is 16.7 Å². The van der Waals surface area contributed by atoms with Crippen LogP contribution in [0.2, 0.25) is 0 Å². The topological polar surface area (TPSA) is 77.8 Å². The number of nitrogens with one attached hydrogen (secondary N) is 1. The molecule has 7 nitrogen and oxygen atoms in total. The van der Waals surface area contributed by atoms with Gasteiger partial charge in [-0.3, -0.25) is 0 Å². The summed E-state index contributed by atoms with van der Waals surface area (Å²) in [5.41, 5.74) is 0. The molecule has 0 amide bonds. The lowest BCUT2D eigenvalue weighted by Gasteiger charge is -2.23. The number of rotatable bonds is 6. The van der Waals surface area contributed by atoms with Gasteiger partial charge in [0.2, 0.25) is 0 Å². The largest absolute Gasteiger partial charge is 0.469 e. The Bertz CT molecular complexity index is 595. The maximum Gasteiger partial charge on any atom is 0.294 e. The van der Waals surface area contributed by atoms with E-state index in [-0.39, 0.29) is 0 Å². The van der Waals surface area contributed by atoms with Crippen LogP contribution in [-0.2, 0) is 25.9 Å². The molecule has 0 saturated heterocycles. The smallest absolute Gasteiger partial charge is 0.294 e. The number of fused-ring (bicyclic) bond motifs is 1. The first-order valence-electron chi connectivity index (χ1n) is 7.39. The van der Waals surface area contributed by atoms with Crippen molar-refractivity contribution in [2.75, 3.05) is 6.61 Å². The Balaban J connectivity index is 1.54. The number of nitrogens with zero attached hydrogens (tertiary/aromatic N) is 5. The SMILES string of the molecule is CCOc1nnc(CNC2CCc3nc(CC)nn3C2)s1. The van der Waals surface area contributed by atoms with Crippen molar-refractivity contribution >= 4 is 11.3 Å². The van der Waals surface area contributed by atoms with Crippen LogP contribution in [0.5, 0.6) is 5.19 Å². The molecule has 0 saturated carbocycles. The molecule has 0 aromatic carbocycles. The van der Waals surface area contributed by atoms with E-state index < -0.39 is 0 Å². The number of aromatic nitrogens is 5. The second-order valence-electron chi connectivity index (χ2n) is 4.99. The van der Waals surface area contributed by atoms with Crippen LogP contribution in [0.4, 0.5) is 0 Å². The molecule has 8 heteroatoms. The highest BCUT2D eigenvalue weighted by molar-refractivity contribution is 7.13. The Hall–Kier alpha value is -1.54. The van der Waals surface area contributed by atoms with Crippen LogP contribution < -0.4 is 10.1 Å². The second-order valence-corrected chi connectivity index (χ2v) is 6.02. The monoisotopic (exact) mass is 308 g/mol. The van der Waals surface area contributed by atoms with E-state index >= 15 is 0 Å². The van der Waals surface area contributed by atoms with Gasteiger partial charge in [0, 0.05) is 18.9 Å². The average Bonchev–Trinajstić information content (AvgIpc) is 3.11. The highest BCUT2D eigenvalue weighted by Gasteiger charge is 2.21. The summed E-state index contributed by atoms with van der Waals surface area (Å²) in [6.45, 7) is 6.25. The molecule has 0 spiro atoms. The van der Waals surface area contributed by atoms with Gasteiger partial charge in [0.05, 0.1) is 19.7 Å². The molecule has 2 aromatic rings. The highest BCUT2D eigenvalue weighted by atomic mass is 32.1. The fourth-order valence-electron chi connectivity index (χ4n) is 2.40. The minimum absolute atomic E-state index is 0.406. The van der Waals surface area contributed by atoms with Gasteiger partial charge in [-0.2, -0.15) is 5.10 Å². The third kappa shape index (κ3) is 3.38. The summed E-state index contributed by atoms with van der Waals surface area (Å²) in [6.07, 6.45) is 2.95. The van der Waals surface area contributed by atoms with Crippen molar-refractivity contribution in [3.8, 4) is 5.19 Å². The van der Waals surface area contributed by atoms with Crippen molar-refractivity contribution in [3.63, 3.8) is 0 Å². The van der Waals surface area contributed by atoms with Gasteiger partial charge in [-0.15, -0.1) is 10.2 Å². The van der Waals surface area contributed by atoms with Crippen LogP contribution >= 0.6 is 11.3 Å². The van der Waals surface area contributed by atoms with E-state index in [4.69, 9.17) is 4.74 Å². The third-order valence-electron chi connectivity index (χ3n) is 3.48. The molecule has 0 fully saturated rings. The van der Waals surface area contributed by atoms with Gasteiger partial charge >= 0.3 is 0 Å². The summed E-state index contributed by atoms with van der Waals surface area (Å²) in [6, 6.07) is 0.406. The van der Waals surface area contributed by atoms with E-state index in [0.717, 1.165) is 49.0 Å². The summed E-state index contributed by atoms with van der Waals surface area (Å²) in [5.74, 6) is 2.05. The number of hydrogen-bond acceptors (Lipinski definition) is 7. The standard InChI is InChI=1S/C13H20N6OS/c1-3-10-15-11-6-5-9(8-19(11)18-10)14-7-12-16-17-13(21-12)20-4-2/h9,14H,3-8H2,1-2H3. The van der Waals surface area contributed by atoms with E-state index in [0.29, 0.717) is 17.8 Å². The van der Waals surface area contributed by atoms with E-state index in [1.54, 1.807) is 0 Å². The van der Waals surface area contributed by atoms with E-state index in [9.17, 15) is 0 Å².